The molecule has 0 saturated heterocycles. The van der Waals surface area contributed by atoms with Crippen molar-refractivity contribution in [1.29, 1.82) is 0 Å². The molecule has 4 nitrogen and oxygen atoms in total. The number of hydrogen-bond donors (Lipinski definition) is 2. The summed E-state index contributed by atoms with van der Waals surface area (Å²) in [4.78, 5) is 4.48. The van der Waals surface area contributed by atoms with Crippen molar-refractivity contribution in [2.75, 3.05) is 0 Å². The van der Waals surface area contributed by atoms with Gasteiger partial charge in [-0.25, -0.2) is 4.98 Å². The quantitative estimate of drug-likeness (QED) is 0.671. The second-order valence-electron chi connectivity index (χ2n) is 4.30. The summed E-state index contributed by atoms with van der Waals surface area (Å²) in [5, 5.41) is 18.8. The third kappa shape index (κ3) is 2.35. The van der Waals surface area contributed by atoms with Crippen LogP contribution in [0.5, 0.6) is 11.5 Å². The van der Waals surface area contributed by atoms with Crippen LogP contribution < -0.4 is 0 Å². The SMILES string of the molecule is Cc1ccn2cc(-c3ccc(O)c(O)c3)nc2c1.Cl. The molecule has 0 aliphatic carbocycles. The lowest BCUT2D eigenvalue weighted by molar-refractivity contribution is 0.404. The Morgan fingerprint density at radius 2 is 1.84 bits per heavy atom. The topological polar surface area (TPSA) is 57.8 Å². The Morgan fingerprint density at radius 1 is 1.05 bits per heavy atom. The lowest BCUT2D eigenvalue weighted by atomic mass is 10.1. The van der Waals surface area contributed by atoms with Crippen molar-refractivity contribution < 1.29 is 10.2 Å². The van der Waals surface area contributed by atoms with Crippen molar-refractivity contribution in [3.8, 4) is 22.8 Å². The van der Waals surface area contributed by atoms with Crippen LogP contribution in [-0.4, -0.2) is 19.6 Å². The van der Waals surface area contributed by atoms with Crippen LogP contribution in [0, 0.1) is 6.92 Å². The van der Waals surface area contributed by atoms with Crippen LogP contribution in [0.25, 0.3) is 16.9 Å². The highest BCUT2D eigenvalue weighted by Gasteiger charge is 2.07. The van der Waals surface area contributed by atoms with Gasteiger partial charge in [0.1, 0.15) is 5.65 Å². The number of hydrogen-bond acceptors (Lipinski definition) is 3. The molecule has 0 saturated carbocycles. The number of phenolic OH excluding ortho intramolecular Hbond substituents is 2. The fraction of sp³-hybridized carbons (Fsp3) is 0.0714. The highest BCUT2D eigenvalue weighted by Crippen LogP contribution is 2.30. The summed E-state index contributed by atoms with van der Waals surface area (Å²) in [5.74, 6) is -0.265. The van der Waals surface area contributed by atoms with Gasteiger partial charge in [0, 0.05) is 18.0 Å². The molecule has 0 aliphatic rings. The fourth-order valence-electron chi connectivity index (χ4n) is 1.91. The van der Waals surface area contributed by atoms with Crippen LogP contribution in [0.3, 0.4) is 0 Å². The number of phenols is 2. The van der Waals surface area contributed by atoms with Crippen LogP contribution >= 0.6 is 12.4 Å². The van der Waals surface area contributed by atoms with E-state index in [1.54, 1.807) is 6.07 Å². The molecule has 0 aliphatic heterocycles. The molecular weight excluding hydrogens is 264 g/mol. The number of benzene rings is 1. The zero-order valence-corrected chi connectivity index (χ0v) is 11.1. The molecule has 0 amide bonds. The smallest absolute Gasteiger partial charge is 0.158 e. The molecule has 19 heavy (non-hydrogen) atoms. The van der Waals surface area contributed by atoms with E-state index in [1.165, 1.54) is 12.1 Å². The molecule has 0 unspecified atom stereocenters. The second kappa shape index (κ2) is 4.82. The molecule has 0 radical (unpaired) electrons. The number of nitrogens with zero attached hydrogens (tertiary/aromatic N) is 2. The number of imidazole rings is 1. The lowest BCUT2D eigenvalue weighted by Crippen LogP contribution is -1.81. The highest BCUT2D eigenvalue weighted by molar-refractivity contribution is 5.85. The number of rotatable bonds is 1. The van der Waals surface area contributed by atoms with Crippen molar-refractivity contribution in [1.82, 2.24) is 9.38 Å². The Balaban J connectivity index is 0.00000133. The number of fused-ring (bicyclic) bond motifs is 1. The first-order chi connectivity index (χ1) is 8.63. The third-order valence-corrected chi connectivity index (χ3v) is 2.89. The minimum atomic E-state index is -0.138. The first-order valence-electron chi connectivity index (χ1n) is 5.61. The lowest BCUT2D eigenvalue weighted by Gasteiger charge is -1.99. The molecule has 98 valence electrons. The average molecular weight is 277 g/mol. The van der Waals surface area contributed by atoms with Gasteiger partial charge >= 0.3 is 0 Å². The molecule has 1 aromatic carbocycles. The summed E-state index contributed by atoms with van der Waals surface area (Å²) in [7, 11) is 0. The van der Waals surface area contributed by atoms with Gasteiger partial charge in [-0.1, -0.05) is 0 Å². The summed E-state index contributed by atoms with van der Waals surface area (Å²) in [6.45, 7) is 2.01. The summed E-state index contributed by atoms with van der Waals surface area (Å²) in [6.07, 6.45) is 3.84. The summed E-state index contributed by atoms with van der Waals surface area (Å²) < 4.78 is 1.92. The molecule has 2 aromatic heterocycles. The first-order valence-corrected chi connectivity index (χ1v) is 5.61. The molecule has 3 rings (SSSR count). The molecule has 2 N–H and O–H groups in total. The van der Waals surface area contributed by atoms with Gasteiger partial charge in [0.2, 0.25) is 0 Å². The average Bonchev–Trinajstić information content (AvgIpc) is 2.75. The van der Waals surface area contributed by atoms with E-state index in [-0.39, 0.29) is 23.9 Å². The van der Waals surface area contributed by atoms with Crippen molar-refractivity contribution in [3.63, 3.8) is 0 Å². The highest BCUT2D eigenvalue weighted by atomic mass is 35.5. The van der Waals surface area contributed by atoms with E-state index < -0.39 is 0 Å². The molecule has 3 aromatic rings. The molecule has 2 heterocycles. The normalized spacial score (nSPS) is 10.4. The maximum absolute atomic E-state index is 9.50. The maximum atomic E-state index is 9.50. The Bertz CT molecular complexity index is 737. The minimum absolute atomic E-state index is 0. The molecule has 0 spiro atoms. The summed E-state index contributed by atoms with van der Waals surface area (Å²) >= 11 is 0. The van der Waals surface area contributed by atoms with E-state index in [9.17, 15) is 10.2 Å². The predicted octanol–water partition coefficient (Wildman–Crippen LogP) is 3.14. The van der Waals surface area contributed by atoms with Crippen LogP contribution in [0.1, 0.15) is 5.56 Å². The van der Waals surface area contributed by atoms with Gasteiger partial charge in [-0.05, 0) is 42.8 Å². The number of aromatic hydroxyl groups is 2. The van der Waals surface area contributed by atoms with Crippen molar-refractivity contribution in [2.24, 2.45) is 0 Å². The molecule has 0 atom stereocenters. The van der Waals surface area contributed by atoms with Crippen molar-refractivity contribution in [3.05, 3.63) is 48.3 Å². The molecular formula is C14H13ClN2O2. The number of aromatic nitrogens is 2. The van der Waals surface area contributed by atoms with Gasteiger partial charge in [-0.2, -0.15) is 0 Å². The van der Waals surface area contributed by atoms with Gasteiger partial charge in [0.15, 0.2) is 11.5 Å². The molecule has 5 heteroatoms. The van der Waals surface area contributed by atoms with Gasteiger partial charge in [0.25, 0.3) is 0 Å². The van der Waals surface area contributed by atoms with Gasteiger partial charge in [-0.3, -0.25) is 0 Å². The summed E-state index contributed by atoms with van der Waals surface area (Å²) in [5.41, 5.74) is 3.54. The minimum Gasteiger partial charge on any atom is -0.504 e. The Kier molecular flexibility index (Phi) is 3.36. The van der Waals surface area contributed by atoms with Crippen LogP contribution in [0.15, 0.2) is 42.7 Å². The Morgan fingerprint density at radius 3 is 2.58 bits per heavy atom. The standard InChI is InChI=1S/C14H12N2O2.ClH/c1-9-4-5-16-8-11(15-14(16)6-9)10-2-3-12(17)13(18)7-10;/h2-8,17-18H,1H3;1H. The first kappa shape index (κ1) is 13.2. The van der Waals surface area contributed by atoms with Crippen LogP contribution in [0.2, 0.25) is 0 Å². The van der Waals surface area contributed by atoms with E-state index in [0.29, 0.717) is 0 Å². The second-order valence-corrected chi connectivity index (χ2v) is 4.30. The predicted molar refractivity (Wildman–Crippen MR) is 75.9 cm³/mol. The zero-order chi connectivity index (χ0) is 12.7. The van der Waals surface area contributed by atoms with Crippen LogP contribution in [-0.2, 0) is 0 Å². The van der Waals surface area contributed by atoms with E-state index in [1.807, 2.05) is 35.9 Å². The van der Waals surface area contributed by atoms with Gasteiger partial charge < -0.3 is 14.6 Å². The zero-order valence-electron chi connectivity index (χ0n) is 10.2. The largest absolute Gasteiger partial charge is 0.504 e. The Labute approximate surface area is 116 Å². The third-order valence-electron chi connectivity index (χ3n) is 2.89. The van der Waals surface area contributed by atoms with Crippen LogP contribution in [0.4, 0.5) is 0 Å². The Hall–Kier alpha value is -2.20. The van der Waals surface area contributed by atoms with Crippen molar-refractivity contribution >= 4 is 18.1 Å². The summed E-state index contributed by atoms with van der Waals surface area (Å²) in [6, 6.07) is 8.68. The number of halogens is 1. The monoisotopic (exact) mass is 276 g/mol. The van der Waals surface area contributed by atoms with E-state index >= 15 is 0 Å². The van der Waals surface area contributed by atoms with E-state index in [2.05, 4.69) is 4.98 Å². The van der Waals surface area contributed by atoms with E-state index in [4.69, 9.17) is 0 Å². The molecule has 0 bridgehead atoms. The number of aryl methyl sites for hydroxylation is 1. The van der Waals surface area contributed by atoms with Gasteiger partial charge in [-0.15, -0.1) is 12.4 Å². The number of pyridine rings is 1. The maximum Gasteiger partial charge on any atom is 0.158 e. The van der Waals surface area contributed by atoms with Crippen molar-refractivity contribution in [2.45, 2.75) is 6.92 Å². The van der Waals surface area contributed by atoms with Gasteiger partial charge in [0.05, 0.1) is 5.69 Å². The molecule has 0 fully saturated rings. The van der Waals surface area contributed by atoms with E-state index in [0.717, 1.165) is 22.5 Å². The fourth-order valence-corrected chi connectivity index (χ4v) is 1.91.